The summed E-state index contributed by atoms with van der Waals surface area (Å²) in [5.41, 5.74) is 0. The summed E-state index contributed by atoms with van der Waals surface area (Å²) in [6.07, 6.45) is 3.00. The van der Waals surface area contributed by atoms with Crippen molar-refractivity contribution < 1.29 is 8.85 Å². The van der Waals surface area contributed by atoms with Crippen LogP contribution >= 0.6 is 0 Å². The first kappa shape index (κ1) is 10.9. The zero-order valence-corrected chi connectivity index (χ0v) is 8.72. The Morgan fingerprint density at radius 2 is 1.91 bits per heavy atom. The molecule has 0 saturated carbocycles. The highest BCUT2D eigenvalue weighted by Gasteiger charge is 2.32. The highest BCUT2D eigenvalue weighted by Crippen LogP contribution is 2.19. The largest absolute Gasteiger partial charge is 0.397 e. The molecule has 0 bridgehead atoms. The molecule has 0 heterocycles. The van der Waals surface area contributed by atoms with Crippen LogP contribution in [-0.4, -0.2) is 22.8 Å². The maximum absolute atomic E-state index is 5.41. The van der Waals surface area contributed by atoms with Crippen molar-refractivity contribution in [2.45, 2.75) is 25.4 Å². The average Bonchev–Trinajstić information content (AvgIpc) is 2.04. The van der Waals surface area contributed by atoms with Crippen LogP contribution in [0.15, 0.2) is 12.7 Å². The Bertz CT molecular complexity index is 111. The van der Waals surface area contributed by atoms with Gasteiger partial charge in [0.15, 0.2) is 0 Å². The van der Waals surface area contributed by atoms with E-state index in [2.05, 4.69) is 13.5 Å². The molecule has 0 amide bonds. The molecule has 0 aliphatic rings. The molecule has 2 nitrogen and oxygen atoms in total. The molecule has 0 rings (SSSR count). The highest BCUT2D eigenvalue weighted by molar-refractivity contribution is 6.67. The van der Waals surface area contributed by atoms with Crippen LogP contribution in [0.25, 0.3) is 0 Å². The van der Waals surface area contributed by atoms with Crippen molar-refractivity contribution in [3.8, 4) is 0 Å². The van der Waals surface area contributed by atoms with Crippen LogP contribution in [-0.2, 0) is 8.85 Å². The van der Waals surface area contributed by atoms with Gasteiger partial charge in [-0.3, -0.25) is 0 Å². The van der Waals surface area contributed by atoms with Gasteiger partial charge in [0.1, 0.15) is 0 Å². The van der Waals surface area contributed by atoms with E-state index in [-0.39, 0.29) is 0 Å². The van der Waals surface area contributed by atoms with Crippen molar-refractivity contribution >= 4 is 8.56 Å². The molecule has 0 aromatic carbocycles. The van der Waals surface area contributed by atoms with Crippen molar-refractivity contribution in [1.29, 1.82) is 0 Å². The maximum Gasteiger partial charge on any atom is 0.341 e. The Morgan fingerprint density at radius 3 is 2.18 bits per heavy atom. The molecular weight excluding hydrogens is 156 g/mol. The Morgan fingerprint density at radius 1 is 1.36 bits per heavy atom. The van der Waals surface area contributed by atoms with Gasteiger partial charge >= 0.3 is 8.56 Å². The lowest BCUT2D eigenvalue weighted by atomic mass is 10.6. The SMILES string of the molecule is C=CC[Si](CCC)(OC)OC. The van der Waals surface area contributed by atoms with Gasteiger partial charge in [-0.1, -0.05) is 19.4 Å². The van der Waals surface area contributed by atoms with Gasteiger partial charge in [0.25, 0.3) is 0 Å². The van der Waals surface area contributed by atoms with Gasteiger partial charge in [-0.15, -0.1) is 6.58 Å². The molecule has 0 fully saturated rings. The van der Waals surface area contributed by atoms with E-state index in [0.29, 0.717) is 0 Å². The summed E-state index contributed by atoms with van der Waals surface area (Å²) >= 11 is 0. The maximum atomic E-state index is 5.41. The van der Waals surface area contributed by atoms with Gasteiger partial charge in [-0.05, 0) is 6.04 Å². The summed E-state index contributed by atoms with van der Waals surface area (Å²) in [6, 6.07) is 1.93. The molecule has 0 aliphatic heterocycles. The average molecular weight is 174 g/mol. The first-order valence-electron chi connectivity index (χ1n) is 3.96. The van der Waals surface area contributed by atoms with Crippen LogP contribution in [0.3, 0.4) is 0 Å². The minimum atomic E-state index is -1.86. The van der Waals surface area contributed by atoms with E-state index in [0.717, 1.165) is 18.5 Å². The summed E-state index contributed by atoms with van der Waals surface area (Å²) < 4.78 is 10.8. The molecule has 66 valence electrons. The summed E-state index contributed by atoms with van der Waals surface area (Å²) in [4.78, 5) is 0. The third-order valence-electron chi connectivity index (χ3n) is 1.83. The molecule has 0 atom stereocenters. The first-order valence-corrected chi connectivity index (χ1v) is 6.19. The molecular formula is C8H18O2Si. The Balaban J connectivity index is 4.06. The number of hydrogen-bond donors (Lipinski definition) is 0. The fraction of sp³-hybridized carbons (Fsp3) is 0.750. The van der Waals surface area contributed by atoms with E-state index in [1.54, 1.807) is 14.2 Å². The van der Waals surface area contributed by atoms with E-state index in [1.807, 2.05) is 6.08 Å². The molecule has 0 saturated heterocycles. The second-order valence-electron chi connectivity index (χ2n) is 2.56. The Hall–Kier alpha value is -0.123. The van der Waals surface area contributed by atoms with Crippen LogP contribution in [0.4, 0.5) is 0 Å². The highest BCUT2D eigenvalue weighted by atomic mass is 28.4. The van der Waals surface area contributed by atoms with Crippen molar-refractivity contribution in [2.24, 2.45) is 0 Å². The standard InChI is InChI=1S/C8H18O2Si/c1-5-7-11(9-3,10-4)8-6-2/h5H,1,6-8H2,2-4H3. The molecule has 0 aliphatic carbocycles. The molecule has 0 N–H and O–H groups in total. The van der Waals surface area contributed by atoms with Crippen molar-refractivity contribution in [2.75, 3.05) is 14.2 Å². The second-order valence-corrected chi connectivity index (χ2v) is 6.11. The lowest BCUT2D eigenvalue weighted by Crippen LogP contribution is -2.38. The monoisotopic (exact) mass is 174 g/mol. The van der Waals surface area contributed by atoms with Crippen LogP contribution in [0.1, 0.15) is 13.3 Å². The van der Waals surface area contributed by atoms with E-state index < -0.39 is 8.56 Å². The predicted octanol–water partition coefficient (Wildman–Crippen LogP) is 2.32. The van der Waals surface area contributed by atoms with Gasteiger partial charge in [0, 0.05) is 20.3 Å². The van der Waals surface area contributed by atoms with E-state index in [4.69, 9.17) is 8.85 Å². The minimum absolute atomic E-state index is 0.883. The summed E-state index contributed by atoms with van der Waals surface area (Å²) in [5.74, 6) is 0. The van der Waals surface area contributed by atoms with Gasteiger partial charge in [0.2, 0.25) is 0 Å². The lowest BCUT2D eigenvalue weighted by molar-refractivity contribution is 0.244. The molecule has 0 aromatic heterocycles. The van der Waals surface area contributed by atoms with Crippen LogP contribution in [0.2, 0.25) is 12.1 Å². The zero-order chi connectivity index (χ0) is 8.74. The molecule has 11 heavy (non-hydrogen) atoms. The molecule has 0 aromatic rings. The quantitative estimate of drug-likeness (QED) is 0.454. The summed E-state index contributed by atoms with van der Waals surface area (Å²) in [7, 11) is 1.60. The van der Waals surface area contributed by atoms with Gasteiger partial charge < -0.3 is 8.85 Å². The third kappa shape index (κ3) is 3.18. The smallest absolute Gasteiger partial charge is 0.341 e. The topological polar surface area (TPSA) is 18.5 Å². The molecule has 0 unspecified atom stereocenters. The number of hydrogen-bond acceptors (Lipinski definition) is 2. The van der Waals surface area contributed by atoms with Gasteiger partial charge in [-0.2, -0.15) is 0 Å². The number of rotatable bonds is 6. The Labute approximate surface area is 70.5 Å². The lowest BCUT2D eigenvalue weighted by Gasteiger charge is -2.25. The fourth-order valence-electron chi connectivity index (χ4n) is 1.16. The van der Waals surface area contributed by atoms with Crippen molar-refractivity contribution in [1.82, 2.24) is 0 Å². The van der Waals surface area contributed by atoms with Crippen molar-refractivity contribution in [3.63, 3.8) is 0 Å². The van der Waals surface area contributed by atoms with E-state index in [9.17, 15) is 0 Å². The van der Waals surface area contributed by atoms with Gasteiger partial charge in [0.05, 0.1) is 0 Å². The predicted molar refractivity (Wildman–Crippen MR) is 49.9 cm³/mol. The summed E-state index contributed by atoms with van der Waals surface area (Å²) in [5, 5.41) is 0. The first-order chi connectivity index (χ1) is 5.24. The van der Waals surface area contributed by atoms with Gasteiger partial charge in [-0.25, -0.2) is 0 Å². The van der Waals surface area contributed by atoms with E-state index in [1.165, 1.54) is 0 Å². The normalized spacial score (nSPS) is 11.5. The van der Waals surface area contributed by atoms with Crippen LogP contribution in [0, 0.1) is 0 Å². The molecule has 0 spiro atoms. The fourth-order valence-corrected chi connectivity index (χ4v) is 3.47. The molecule has 0 radical (unpaired) electrons. The minimum Gasteiger partial charge on any atom is -0.397 e. The second kappa shape index (κ2) is 5.52. The number of allylic oxidation sites excluding steroid dienone is 1. The van der Waals surface area contributed by atoms with E-state index >= 15 is 0 Å². The third-order valence-corrected chi connectivity index (χ3v) is 5.49. The molecule has 3 heteroatoms. The van der Waals surface area contributed by atoms with Crippen LogP contribution < -0.4 is 0 Å². The summed E-state index contributed by atoms with van der Waals surface area (Å²) in [6.45, 7) is 5.84. The zero-order valence-electron chi connectivity index (χ0n) is 7.72. The Kier molecular flexibility index (Phi) is 5.46. The van der Waals surface area contributed by atoms with Crippen LogP contribution in [0.5, 0.6) is 0 Å². The van der Waals surface area contributed by atoms with Crippen molar-refractivity contribution in [3.05, 3.63) is 12.7 Å².